The Morgan fingerprint density at radius 2 is 2.25 bits per heavy atom. The van der Waals surface area contributed by atoms with Gasteiger partial charge in [-0.05, 0) is 19.9 Å². The molecule has 1 N–H and O–H groups in total. The number of para-hydroxylation sites is 1. The maximum absolute atomic E-state index is 6.05. The summed E-state index contributed by atoms with van der Waals surface area (Å²) in [5, 5.41) is 3.64. The van der Waals surface area contributed by atoms with Crippen LogP contribution in [0.2, 0.25) is 0 Å². The van der Waals surface area contributed by atoms with Gasteiger partial charge in [0.15, 0.2) is 0 Å². The Morgan fingerprint density at radius 3 is 3.05 bits per heavy atom. The Balaban J connectivity index is 1.69. The molecule has 1 aliphatic heterocycles. The van der Waals surface area contributed by atoms with E-state index in [9.17, 15) is 0 Å². The maximum atomic E-state index is 6.05. The second kappa shape index (κ2) is 5.29. The molecule has 0 spiro atoms. The van der Waals surface area contributed by atoms with Crippen molar-refractivity contribution in [2.24, 2.45) is 0 Å². The minimum absolute atomic E-state index is 0.124. The monoisotopic (exact) mass is 271 g/mol. The SMILES string of the molecule is CC1(C)CC(NCCn2ccnc2)c2ccccc2O1. The van der Waals surface area contributed by atoms with E-state index in [0.717, 1.165) is 25.3 Å². The van der Waals surface area contributed by atoms with Gasteiger partial charge in [0.2, 0.25) is 0 Å². The normalized spacial score (nSPS) is 20.2. The molecule has 0 amide bonds. The fourth-order valence-electron chi connectivity index (χ4n) is 2.77. The quantitative estimate of drug-likeness (QED) is 0.929. The van der Waals surface area contributed by atoms with Crippen molar-refractivity contribution in [1.82, 2.24) is 14.9 Å². The van der Waals surface area contributed by atoms with E-state index < -0.39 is 0 Å². The van der Waals surface area contributed by atoms with E-state index in [1.54, 1.807) is 0 Å². The smallest absolute Gasteiger partial charge is 0.124 e. The van der Waals surface area contributed by atoms with Gasteiger partial charge in [0, 0.05) is 43.5 Å². The topological polar surface area (TPSA) is 39.1 Å². The third-order valence-electron chi connectivity index (χ3n) is 3.70. The van der Waals surface area contributed by atoms with Crippen LogP contribution in [0.1, 0.15) is 31.9 Å². The summed E-state index contributed by atoms with van der Waals surface area (Å²) in [6.45, 7) is 6.15. The molecule has 0 saturated carbocycles. The second-order valence-corrected chi connectivity index (χ2v) is 5.91. The van der Waals surface area contributed by atoms with Crippen molar-refractivity contribution < 1.29 is 4.74 Å². The molecule has 4 nitrogen and oxygen atoms in total. The molecular formula is C16H21N3O. The van der Waals surface area contributed by atoms with Gasteiger partial charge in [-0.3, -0.25) is 0 Å². The fraction of sp³-hybridized carbons (Fsp3) is 0.438. The molecule has 1 unspecified atom stereocenters. The summed E-state index contributed by atoms with van der Waals surface area (Å²) >= 11 is 0. The van der Waals surface area contributed by atoms with Crippen molar-refractivity contribution in [3.05, 3.63) is 48.5 Å². The predicted molar refractivity (Wildman–Crippen MR) is 78.7 cm³/mol. The first-order chi connectivity index (χ1) is 9.64. The highest BCUT2D eigenvalue weighted by molar-refractivity contribution is 5.38. The Kier molecular flexibility index (Phi) is 3.49. The van der Waals surface area contributed by atoms with Crippen LogP contribution in [-0.4, -0.2) is 21.7 Å². The van der Waals surface area contributed by atoms with Crippen LogP contribution in [-0.2, 0) is 6.54 Å². The zero-order chi connectivity index (χ0) is 14.0. The van der Waals surface area contributed by atoms with Crippen LogP contribution >= 0.6 is 0 Å². The van der Waals surface area contributed by atoms with Crippen molar-refractivity contribution in [2.45, 2.75) is 38.5 Å². The number of fused-ring (bicyclic) bond motifs is 1. The van der Waals surface area contributed by atoms with Gasteiger partial charge < -0.3 is 14.6 Å². The Labute approximate surface area is 119 Å². The van der Waals surface area contributed by atoms with Crippen molar-refractivity contribution >= 4 is 0 Å². The maximum Gasteiger partial charge on any atom is 0.124 e. The van der Waals surface area contributed by atoms with E-state index in [2.05, 4.69) is 46.9 Å². The van der Waals surface area contributed by atoms with Crippen molar-refractivity contribution in [3.8, 4) is 5.75 Å². The summed E-state index contributed by atoms with van der Waals surface area (Å²) < 4.78 is 8.13. The number of hydrogen-bond donors (Lipinski definition) is 1. The lowest BCUT2D eigenvalue weighted by atomic mass is 9.90. The van der Waals surface area contributed by atoms with Crippen LogP contribution < -0.4 is 10.1 Å². The summed E-state index contributed by atoms with van der Waals surface area (Å²) in [4.78, 5) is 4.06. The van der Waals surface area contributed by atoms with E-state index >= 15 is 0 Å². The van der Waals surface area contributed by atoms with E-state index in [1.807, 2.05) is 24.8 Å². The average molecular weight is 271 g/mol. The van der Waals surface area contributed by atoms with Gasteiger partial charge in [0.05, 0.1) is 6.33 Å². The Morgan fingerprint density at radius 1 is 1.40 bits per heavy atom. The van der Waals surface area contributed by atoms with Gasteiger partial charge in [0.1, 0.15) is 11.4 Å². The lowest BCUT2D eigenvalue weighted by Crippen LogP contribution is -2.40. The molecular weight excluding hydrogens is 250 g/mol. The standard InChI is InChI=1S/C16H21N3O/c1-16(2)11-14(13-5-3-4-6-15(13)20-16)18-8-10-19-9-7-17-12-19/h3-7,9,12,14,18H,8,10-11H2,1-2H3. The van der Waals surface area contributed by atoms with Crippen LogP contribution in [0.5, 0.6) is 5.75 Å². The highest BCUT2D eigenvalue weighted by Crippen LogP contribution is 2.38. The largest absolute Gasteiger partial charge is 0.487 e. The molecule has 3 rings (SSSR count). The first-order valence-electron chi connectivity index (χ1n) is 7.11. The van der Waals surface area contributed by atoms with E-state index in [4.69, 9.17) is 4.74 Å². The number of ether oxygens (including phenoxy) is 1. The molecule has 1 aromatic carbocycles. The average Bonchev–Trinajstić information content (AvgIpc) is 2.90. The van der Waals surface area contributed by atoms with Gasteiger partial charge in [-0.1, -0.05) is 18.2 Å². The number of imidazole rings is 1. The van der Waals surface area contributed by atoms with Crippen molar-refractivity contribution in [1.29, 1.82) is 0 Å². The van der Waals surface area contributed by atoms with Gasteiger partial charge >= 0.3 is 0 Å². The number of benzene rings is 1. The summed E-state index contributed by atoms with van der Waals surface area (Å²) in [5.41, 5.74) is 1.14. The van der Waals surface area contributed by atoms with Crippen molar-refractivity contribution in [3.63, 3.8) is 0 Å². The van der Waals surface area contributed by atoms with E-state index in [1.165, 1.54) is 5.56 Å². The van der Waals surface area contributed by atoms with Gasteiger partial charge in [-0.25, -0.2) is 4.98 Å². The highest BCUT2D eigenvalue weighted by atomic mass is 16.5. The molecule has 2 heterocycles. The molecule has 1 atom stereocenters. The van der Waals surface area contributed by atoms with Gasteiger partial charge in [0.25, 0.3) is 0 Å². The molecule has 1 aromatic heterocycles. The van der Waals surface area contributed by atoms with Gasteiger partial charge in [-0.2, -0.15) is 0 Å². The molecule has 0 fully saturated rings. The molecule has 0 bridgehead atoms. The molecule has 0 aliphatic carbocycles. The molecule has 20 heavy (non-hydrogen) atoms. The first-order valence-corrected chi connectivity index (χ1v) is 7.11. The number of rotatable bonds is 4. The van der Waals surface area contributed by atoms with Crippen LogP contribution in [0, 0.1) is 0 Å². The van der Waals surface area contributed by atoms with Crippen LogP contribution in [0.4, 0.5) is 0 Å². The Hall–Kier alpha value is -1.81. The summed E-state index contributed by atoms with van der Waals surface area (Å²) in [7, 11) is 0. The van der Waals surface area contributed by atoms with Gasteiger partial charge in [-0.15, -0.1) is 0 Å². The lowest BCUT2D eigenvalue weighted by molar-refractivity contribution is 0.0659. The van der Waals surface area contributed by atoms with E-state index in [0.29, 0.717) is 6.04 Å². The third kappa shape index (κ3) is 2.85. The van der Waals surface area contributed by atoms with Crippen LogP contribution in [0.15, 0.2) is 43.0 Å². The zero-order valence-electron chi connectivity index (χ0n) is 12.0. The first kappa shape index (κ1) is 13.2. The minimum Gasteiger partial charge on any atom is -0.487 e. The number of nitrogens with zero attached hydrogens (tertiary/aromatic N) is 2. The molecule has 0 saturated heterocycles. The highest BCUT2D eigenvalue weighted by Gasteiger charge is 2.32. The fourth-order valence-corrected chi connectivity index (χ4v) is 2.77. The summed E-state index contributed by atoms with van der Waals surface area (Å²) in [6, 6.07) is 8.66. The number of nitrogens with one attached hydrogen (secondary N) is 1. The predicted octanol–water partition coefficient (Wildman–Crippen LogP) is 2.78. The number of aromatic nitrogens is 2. The molecule has 1 aliphatic rings. The van der Waals surface area contributed by atoms with Crippen molar-refractivity contribution in [2.75, 3.05) is 6.54 Å². The third-order valence-corrected chi connectivity index (χ3v) is 3.70. The molecule has 4 heteroatoms. The number of hydrogen-bond acceptors (Lipinski definition) is 3. The molecule has 0 radical (unpaired) electrons. The minimum atomic E-state index is -0.124. The summed E-state index contributed by atoms with van der Waals surface area (Å²) in [6.07, 6.45) is 6.63. The van der Waals surface area contributed by atoms with E-state index in [-0.39, 0.29) is 5.60 Å². The van der Waals surface area contributed by atoms with Crippen LogP contribution in [0.25, 0.3) is 0 Å². The molecule has 2 aromatic rings. The Bertz CT molecular complexity index is 563. The van der Waals surface area contributed by atoms with Crippen LogP contribution in [0.3, 0.4) is 0 Å². The second-order valence-electron chi connectivity index (χ2n) is 5.91. The molecule has 106 valence electrons. The lowest BCUT2D eigenvalue weighted by Gasteiger charge is -2.38. The zero-order valence-corrected chi connectivity index (χ0v) is 12.0. The summed E-state index contributed by atoms with van der Waals surface area (Å²) in [5.74, 6) is 1.00.